The molecule has 1 heterocycles. The highest BCUT2D eigenvalue weighted by Crippen LogP contribution is 2.44. The largest absolute Gasteiger partial charge is 0.372 e. The molecule has 1 atom stereocenters. The highest BCUT2D eigenvalue weighted by Gasteiger charge is 2.51. The zero-order valence-electron chi connectivity index (χ0n) is 15.1. The van der Waals surface area contributed by atoms with E-state index in [1.807, 2.05) is 0 Å². The Morgan fingerprint density at radius 1 is 1.07 bits per heavy atom. The van der Waals surface area contributed by atoms with Crippen LogP contribution in [0.25, 0.3) is 0 Å². The van der Waals surface area contributed by atoms with E-state index >= 15 is 0 Å². The lowest BCUT2D eigenvalue weighted by atomic mass is 9.87. The maximum absolute atomic E-state index is 13.8. The molecule has 7 heteroatoms. The molecule has 5 nitrogen and oxygen atoms in total. The first-order valence-corrected chi connectivity index (χ1v) is 9.22. The number of rotatable bonds is 4. The summed E-state index contributed by atoms with van der Waals surface area (Å²) in [6, 6.07) is 18.5. The van der Waals surface area contributed by atoms with Crippen molar-refractivity contribution in [1.82, 2.24) is 0 Å². The molecule has 1 aliphatic rings. The predicted octanol–water partition coefficient (Wildman–Crippen LogP) is 3.70. The number of amides is 2. The van der Waals surface area contributed by atoms with Gasteiger partial charge in [-0.1, -0.05) is 48.0 Å². The van der Waals surface area contributed by atoms with Gasteiger partial charge in [0.05, 0.1) is 5.69 Å². The summed E-state index contributed by atoms with van der Waals surface area (Å²) in [5, 5.41) is 14.5. The lowest BCUT2D eigenvalue weighted by Crippen LogP contribution is -2.44. The van der Waals surface area contributed by atoms with Gasteiger partial charge >= 0.3 is 0 Å². The molecule has 0 fully saturated rings. The number of nitrogens with one attached hydrogen (secondary N) is 1. The molecule has 0 radical (unpaired) electrons. The Hall–Kier alpha value is -3.22. The quantitative estimate of drug-likeness (QED) is 0.689. The van der Waals surface area contributed by atoms with Crippen molar-refractivity contribution in [3.63, 3.8) is 0 Å². The van der Waals surface area contributed by atoms with Crippen molar-refractivity contribution in [3.8, 4) is 0 Å². The predicted molar refractivity (Wildman–Crippen MR) is 108 cm³/mol. The van der Waals surface area contributed by atoms with Crippen LogP contribution < -0.4 is 10.2 Å². The lowest BCUT2D eigenvalue weighted by molar-refractivity contribution is -0.133. The first-order valence-electron chi connectivity index (χ1n) is 8.85. The summed E-state index contributed by atoms with van der Waals surface area (Å²) in [5.74, 6) is -1.75. The van der Waals surface area contributed by atoms with Gasteiger partial charge in [0.25, 0.3) is 5.91 Å². The molecule has 0 saturated heterocycles. The van der Waals surface area contributed by atoms with E-state index in [0.29, 0.717) is 22.0 Å². The van der Waals surface area contributed by atoms with Crippen LogP contribution in [0, 0.1) is 5.82 Å². The van der Waals surface area contributed by atoms with Gasteiger partial charge in [0.15, 0.2) is 5.60 Å². The average molecular weight is 411 g/mol. The van der Waals surface area contributed by atoms with Gasteiger partial charge in [-0.2, -0.15) is 0 Å². The number of fused-ring (bicyclic) bond motifs is 1. The Bertz CT molecular complexity index is 1120. The molecule has 0 aromatic heterocycles. The van der Waals surface area contributed by atoms with Gasteiger partial charge in [-0.3, -0.25) is 14.5 Å². The van der Waals surface area contributed by atoms with Crippen molar-refractivity contribution < 1.29 is 19.1 Å². The standard InChI is InChI=1S/C22H16ClFN2O3/c23-15-6-4-8-17(12-15)25-20(27)13-26-19-10-2-1-9-18(19)22(29,21(26)28)14-5-3-7-16(24)11-14/h1-12,29H,13H2,(H,25,27). The summed E-state index contributed by atoms with van der Waals surface area (Å²) in [5.41, 5.74) is -0.790. The summed E-state index contributed by atoms with van der Waals surface area (Å²) in [6.45, 7) is -0.319. The number of aliphatic hydroxyl groups is 1. The van der Waals surface area contributed by atoms with Crippen LogP contribution in [0.1, 0.15) is 11.1 Å². The molecule has 3 aromatic carbocycles. The number of halogens is 2. The molecule has 0 bridgehead atoms. The van der Waals surface area contributed by atoms with Crippen LogP contribution in [0.2, 0.25) is 5.02 Å². The fourth-order valence-corrected chi connectivity index (χ4v) is 3.69. The summed E-state index contributed by atoms with van der Waals surface area (Å²) >= 11 is 5.93. The van der Waals surface area contributed by atoms with Crippen LogP contribution in [-0.4, -0.2) is 23.5 Å². The first-order chi connectivity index (χ1) is 13.9. The van der Waals surface area contributed by atoms with Gasteiger partial charge < -0.3 is 10.4 Å². The van der Waals surface area contributed by atoms with E-state index in [4.69, 9.17) is 11.6 Å². The fourth-order valence-electron chi connectivity index (χ4n) is 3.49. The SMILES string of the molecule is O=C(CN1C(=O)C(O)(c2cccc(F)c2)c2ccccc21)Nc1cccc(Cl)c1. The second-order valence-electron chi connectivity index (χ2n) is 6.69. The number of hydrogen-bond donors (Lipinski definition) is 2. The zero-order valence-corrected chi connectivity index (χ0v) is 15.9. The summed E-state index contributed by atoms with van der Waals surface area (Å²) in [6.07, 6.45) is 0. The molecule has 2 N–H and O–H groups in total. The van der Waals surface area contributed by atoms with Crippen molar-refractivity contribution in [2.24, 2.45) is 0 Å². The number of nitrogens with zero attached hydrogens (tertiary/aromatic N) is 1. The third-order valence-corrected chi connectivity index (χ3v) is 5.03. The number of para-hydroxylation sites is 1. The normalized spacial score (nSPS) is 17.9. The number of benzene rings is 3. The van der Waals surface area contributed by atoms with Crippen molar-refractivity contribution in [1.29, 1.82) is 0 Å². The molecule has 0 spiro atoms. The molecule has 1 unspecified atom stereocenters. The Labute approximate surface area is 171 Å². The van der Waals surface area contributed by atoms with Crippen molar-refractivity contribution in [3.05, 3.63) is 94.8 Å². The molecule has 146 valence electrons. The van der Waals surface area contributed by atoms with E-state index in [0.717, 1.165) is 6.07 Å². The van der Waals surface area contributed by atoms with E-state index in [1.54, 1.807) is 48.5 Å². The minimum absolute atomic E-state index is 0.104. The second kappa shape index (κ2) is 7.31. The van der Waals surface area contributed by atoms with Gasteiger partial charge in [-0.25, -0.2) is 4.39 Å². The Kier molecular flexibility index (Phi) is 4.82. The third kappa shape index (κ3) is 3.37. The second-order valence-corrected chi connectivity index (χ2v) is 7.12. The third-order valence-electron chi connectivity index (χ3n) is 4.79. The molecular weight excluding hydrogens is 395 g/mol. The Morgan fingerprint density at radius 3 is 2.59 bits per heavy atom. The van der Waals surface area contributed by atoms with Gasteiger partial charge in [-0.05, 0) is 36.4 Å². The fraction of sp³-hybridized carbons (Fsp3) is 0.0909. The maximum Gasteiger partial charge on any atom is 0.268 e. The lowest BCUT2D eigenvalue weighted by Gasteiger charge is -2.23. The maximum atomic E-state index is 13.8. The molecule has 0 saturated carbocycles. The highest BCUT2D eigenvalue weighted by atomic mass is 35.5. The van der Waals surface area contributed by atoms with Crippen LogP contribution in [0.15, 0.2) is 72.8 Å². The van der Waals surface area contributed by atoms with Crippen LogP contribution in [0.3, 0.4) is 0 Å². The van der Waals surface area contributed by atoms with E-state index < -0.39 is 23.2 Å². The van der Waals surface area contributed by atoms with Crippen molar-refractivity contribution >= 4 is 34.8 Å². The topological polar surface area (TPSA) is 69.6 Å². The van der Waals surface area contributed by atoms with Crippen LogP contribution in [0.4, 0.5) is 15.8 Å². The van der Waals surface area contributed by atoms with Crippen molar-refractivity contribution in [2.75, 3.05) is 16.8 Å². The molecular formula is C22H16ClFN2O3. The minimum atomic E-state index is -2.07. The molecule has 2 amide bonds. The van der Waals surface area contributed by atoms with Crippen LogP contribution in [-0.2, 0) is 15.2 Å². The molecule has 4 rings (SSSR count). The van der Waals surface area contributed by atoms with E-state index in [2.05, 4.69) is 5.32 Å². The van der Waals surface area contributed by atoms with E-state index in [9.17, 15) is 19.1 Å². The van der Waals surface area contributed by atoms with Crippen LogP contribution >= 0.6 is 11.6 Å². The highest BCUT2D eigenvalue weighted by molar-refractivity contribution is 6.30. The molecule has 0 aliphatic carbocycles. The molecule has 3 aromatic rings. The average Bonchev–Trinajstić information content (AvgIpc) is 2.91. The summed E-state index contributed by atoms with van der Waals surface area (Å²) in [4.78, 5) is 26.9. The summed E-state index contributed by atoms with van der Waals surface area (Å²) < 4.78 is 13.8. The molecule has 29 heavy (non-hydrogen) atoms. The zero-order chi connectivity index (χ0) is 20.6. The number of anilines is 2. The molecule has 1 aliphatic heterocycles. The minimum Gasteiger partial charge on any atom is -0.372 e. The van der Waals surface area contributed by atoms with E-state index in [-0.39, 0.29) is 12.1 Å². The van der Waals surface area contributed by atoms with Gasteiger partial charge in [0.1, 0.15) is 12.4 Å². The van der Waals surface area contributed by atoms with Gasteiger partial charge in [-0.15, -0.1) is 0 Å². The monoisotopic (exact) mass is 410 g/mol. The Balaban J connectivity index is 1.67. The summed E-state index contributed by atoms with van der Waals surface area (Å²) in [7, 11) is 0. The smallest absolute Gasteiger partial charge is 0.268 e. The van der Waals surface area contributed by atoms with Gasteiger partial charge in [0.2, 0.25) is 5.91 Å². The van der Waals surface area contributed by atoms with Crippen LogP contribution in [0.5, 0.6) is 0 Å². The first kappa shape index (κ1) is 19.1. The van der Waals surface area contributed by atoms with Crippen molar-refractivity contribution in [2.45, 2.75) is 5.60 Å². The number of carbonyl (C=O) groups excluding carboxylic acids is 2. The number of carbonyl (C=O) groups is 2. The van der Waals surface area contributed by atoms with E-state index in [1.165, 1.54) is 23.1 Å². The number of hydrogen-bond acceptors (Lipinski definition) is 3. The Morgan fingerprint density at radius 2 is 1.83 bits per heavy atom. The van der Waals surface area contributed by atoms with Gasteiger partial charge in [0, 0.05) is 21.8 Å².